The van der Waals surface area contributed by atoms with Crippen LogP contribution < -0.4 is 0 Å². The normalized spacial score (nSPS) is 25.3. The maximum Gasteiger partial charge on any atom is 0.157 e. The van der Waals surface area contributed by atoms with E-state index in [9.17, 15) is 0 Å². The zero-order chi connectivity index (χ0) is 11.8. The Bertz CT molecular complexity index is 169. The number of hydrogen-bond acceptors (Lipinski definition) is 2. The Morgan fingerprint density at radius 2 is 2.25 bits per heavy atom. The van der Waals surface area contributed by atoms with Crippen molar-refractivity contribution < 1.29 is 9.47 Å². The Morgan fingerprint density at radius 3 is 2.81 bits per heavy atom. The summed E-state index contributed by atoms with van der Waals surface area (Å²) in [6, 6.07) is 0. The first kappa shape index (κ1) is 14.5. The summed E-state index contributed by atoms with van der Waals surface area (Å²) >= 11 is 3.49. The maximum atomic E-state index is 6.00. The topological polar surface area (TPSA) is 18.5 Å². The average molecular weight is 293 g/mol. The van der Waals surface area contributed by atoms with Gasteiger partial charge < -0.3 is 9.47 Å². The lowest BCUT2D eigenvalue weighted by Gasteiger charge is -2.30. The lowest BCUT2D eigenvalue weighted by molar-refractivity contribution is -0.194. The van der Waals surface area contributed by atoms with E-state index in [1.807, 2.05) is 0 Å². The van der Waals surface area contributed by atoms with E-state index in [1.54, 1.807) is 0 Å². The Labute approximate surface area is 108 Å². The molecule has 1 aliphatic heterocycles. The highest BCUT2D eigenvalue weighted by Crippen LogP contribution is 2.23. The molecule has 0 aliphatic carbocycles. The SMILES string of the molecule is CCC(CCCBr)C(C)OC1CCCCO1. The van der Waals surface area contributed by atoms with Crippen molar-refractivity contribution in [1.82, 2.24) is 0 Å². The zero-order valence-corrected chi connectivity index (χ0v) is 12.2. The van der Waals surface area contributed by atoms with Crippen molar-refractivity contribution in [3.63, 3.8) is 0 Å². The van der Waals surface area contributed by atoms with Crippen LogP contribution in [0.3, 0.4) is 0 Å². The second-order valence-corrected chi connectivity index (χ2v) is 5.43. The fraction of sp³-hybridized carbons (Fsp3) is 1.00. The van der Waals surface area contributed by atoms with Crippen LogP contribution in [-0.2, 0) is 9.47 Å². The molecule has 0 saturated carbocycles. The van der Waals surface area contributed by atoms with Crippen molar-refractivity contribution in [1.29, 1.82) is 0 Å². The van der Waals surface area contributed by atoms with Crippen LogP contribution in [0.4, 0.5) is 0 Å². The smallest absolute Gasteiger partial charge is 0.157 e. The maximum absolute atomic E-state index is 6.00. The van der Waals surface area contributed by atoms with Gasteiger partial charge in [0.1, 0.15) is 0 Å². The molecule has 0 aromatic carbocycles. The van der Waals surface area contributed by atoms with Crippen molar-refractivity contribution in [2.45, 2.75) is 64.8 Å². The lowest BCUT2D eigenvalue weighted by atomic mass is 9.95. The molecule has 1 aliphatic rings. The van der Waals surface area contributed by atoms with Gasteiger partial charge in [0.25, 0.3) is 0 Å². The van der Waals surface area contributed by atoms with Gasteiger partial charge in [-0.3, -0.25) is 0 Å². The first-order valence-corrected chi connectivity index (χ1v) is 7.73. The van der Waals surface area contributed by atoms with Crippen molar-refractivity contribution in [3.05, 3.63) is 0 Å². The van der Waals surface area contributed by atoms with E-state index in [-0.39, 0.29) is 6.29 Å². The van der Waals surface area contributed by atoms with Gasteiger partial charge in [0.15, 0.2) is 6.29 Å². The molecule has 3 heteroatoms. The number of ether oxygens (including phenoxy) is 2. The molecule has 0 radical (unpaired) electrons. The molecule has 96 valence electrons. The van der Waals surface area contributed by atoms with Crippen molar-refractivity contribution >= 4 is 15.9 Å². The number of alkyl halides is 1. The summed E-state index contributed by atoms with van der Waals surface area (Å²) < 4.78 is 11.6. The lowest BCUT2D eigenvalue weighted by Crippen LogP contribution is -2.30. The van der Waals surface area contributed by atoms with Gasteiger partial charge in [0.2, 0.25) is 0 Å². The van der Waals surface area contributed by atoms with Gasteiger partial charge in [0.05, 0.1) is 6.10 Å². The molecule has 0 aromatic rings. The van der Waals surface area contributed by atoms with Gasteiger partial charge in [-0.25, -0.2) is 0 Å². The summed E-state index contributed by atoms with van der Waals surface area (Å²) in [5.74, 6) is 0.670. The van der Waals surface area contributed by atoms with E-state index >= 15 is 0 Å². The summed E-state index contributed by atoms with van der Waals surface area (Å²) in [5.41, 5.74) is 0. The van der Waals surface area contributed by atoms with E-state index in [1.165, 1.54) is 32.1 Å². The van der Waals surface area contributed by atoms with Gasteiger partial charge in [-0.05, 0) is 44.9 Å². The van der Waals surface area contributed by atoms with Crippen molar-refractivity contribution in [3.8, 4) is 0 Å². The third-order valence-electron chi connectivity index (χ3n) is 3.40. The van der Waals surface area contributed by atoms with E-state index in [2.05, 4.69) is 29.8 Å². The third-order valence-corrected chi connectivity index (χ3v) is 3.96. The van der Waals surface area contributed by atoms with Crippen LogP contribution in [0.25, 0.3) is 0 Å². The molecule has 0 N–H and O–H groups in total. The Hall–Kier alpha value is 0.400. The molecule has 0 spiro atoms. The predicted octanol–water partition coefficient (Wildman–Crippen LogP) is 4.12. The molecule has 3 unspecified atom stereocenters. The summed E-state index contributed by atoms with van der Waals surface area (Å²) in [7, 11) is 0. The third kappa shape index (κ3) is 5.15. The molecule has 1 heterocycles. The number of rotatable bonds is 7. The first-order chi connectivity index (χ1) is 7.77. The summed E-state index contributed by atoms with van der Waals surface area (Å²) in [4.78, 5) is 0. The minimum Gasteiger partial charge on any atom is -0.353 e. The number of halogens is 1. The van der Waals surface area contributed by atoms with Crippen LogP contribution in [0.15, 0.2) is 0 Å². The standard InChI is InChI=1S/C13H25BrO2/c1-3-12(7-6-9-14)11(2)16-13-8-4-5-10-15-13/h11-13H,3-10H2,1-2H3. The molecule has 3 atom stereocenters. The van der Waals surface area contributed by atoms with E-state index in [4.69, 9.17) is 9.47 Å². The highest BCUT2D eigenvalue weighted by molar-refractivity contribution is 9.09. The average Bonchev–Trinajstić information content (AvgIpc) is 2.31. The van der Waals surface area contributed by atoms with E-state index in [0.717, 1.165) is 18.4 Å². The molecule has 0 amide bonds. The molecule has 1 fully saturated rings. The van der Waals surface area contributed by atoms with Crippen LogP contribution in [0.2, 0.25) is 0 Å². The molecule has 0 aromatic heterocycles. The Balaban J connectivity index is 2.26. The fourth-order valence-corrected chi connectivity index (χ4v) is 2.60. The van der Waals surface area contributed by atoms with E-state index < -0.39 is 0 Å². The molecule has 1 rings (SSSR count). The summed E-state index contributed by atoms with van der Waals surface area (Å²) in [6.07, 6.45) is 7.56. The van der Waals surface area contributed by atoms with Crippen LogP contribution in [0.1, 0.15) is 52.4 Å². The quantitative estimate of drug-likeness (QED) is 0.657. The predicted molar refractivity (Wildman–Crippen MR) is 70.9 cm³/mol. The van der Waals surface area contributed by atoms with Gasteiger partial charge in [-0.2, -0.15) is 0 Å². The van der Waals surface area contributed by atoms with Crippen LogP contribution in [-0.4, -0.2) is 24.3 Å². The minimum atomic E-state index is 0.0572. The summed E-state index contributed by atoms with van der Waals surface area (Å²) in [5, 5.41) is 1.09. The highest BCUT2D eigenvalue weighted by Gasteiger charge is 2.22. The van der Waals surface area contributed by atoms with E-state index in [0.29, 0.717) is 12.0 Å². The molecular weight excluding hydrogens is 268 g/mol. The van der Waals surface area contributed by atoms with Crippen LogP contribution in [0, 0.1) is 5.92 Å². The molecule has 16 heavy (non-hydrogen) atoms. The van der Waals surface area contributed by atoms with Gasteiger partial charge >= 0.3 is 0 Å². The van der Waals surface area contributed by atoms with Crippen LogP contribution in [0.5, 0.6) is 0 Å². The van der Waals surface area contributed by atoms with Crippen LogP contribution >= 0.6 is 15.9 Å². The van der Waals surface area contributed by atoms with Crippen molar-refractivity contribution in [2.24, 2.45) is 5.92 Å². The highest BCUT2D eigenvalue weighted by atomic mass is 79.9. The number of hydrogen-bond donors (Lipinski definition) is 0. The summed E-state index contributed by atoms with van der Waals surface area (Å²) in [6.45, 7) is 5.32. The first-order valence-electron chi connectivity index (χ1n) is 6.61. The second kappa shape index (κ2) is 8.48. The van der Waals surface area contributed by atoms with Crippen molar-refractivity contribution in [2.75, 3.05) is 11.9 Å². The van der Waals surface area contributed by atoms with Gasteiger partial charge in [-0.15, -0.1) is 0 Å². The molecular formula is C13H25BrO2. The largest absolute Gasteiger partial charge is 0.353 e. The monoisotopic (exact) mass is 292 g/mol. The minimum absolute atomic E-state index is 0.0572. The molecule has 2 nitrogen and oxygen atoms in total. The molecule has 0 bridgehead atoms. The van der Waals surface area contributed by atoms with Gasteiger partial charge in [-0.1, -0.05) is 29.3 Å². The van der Waals surface area contributed by atoms with Gasteiger partial charge in [0, 0.05) is 11.9 Å². The molecule has 1 saturated heterocycles. The second-order valence-electron chi connectivity index (χ2n) is 4.64. The Kier molecular flexibility index (Phi) is 7.67. The fourth-order valence-electron chi connectivity index (χ4n) is 2.28. The zero-order valence-electron chi connectivity index (χ0n) is 10.6. The Morgan fingerprint density at radius 1 is 1.44 bits per heavy atom.